The van der Waals surface area contributed by atoms with Crippen LogP contribution in [0.15, 0.2) is 30.6 Å². The minimum absolute atomic E-state index is 0.169. The number of hydrogen-bond donors (Lipinski definition) is 1. The highest BCUT2D eigenvalue weighted by molar-refractivity contribution is 5.36. The minimum atomic E-state index is 0.169. The number of nitrogens with one attached hydrogen (secondary N) is 1. The van der Waals surface area contributed by atoms with E-state index in [4.69, 9.17) is 0 Å². The molecule has 1 atom stereocenters. The van der Waals surface area contributed by atoms with Crippen LogP contribution in [0.4, 0.5) is 0 Å². The summed E-state index contributed by atoms with van der Waals surface area (Å²) in [5.74, 6) is 1.11. The normalized spacial score (nSPS) is 12.6. The average molecular weight is 271 g/mol. The molecule has 0 spiro atoms. The Bertz CT molecular complexity index is 557. The molecule has 0 aliphatic rings. The predicted molar refractivity (Wildman–Crippen MR) is 84.0 cm³/mol. The van der Waals surface area contributed by atoms with Crippen LogP contribution in [0.25, 0.3) is 0 Å². The minimum Gasteiger partial charge on any atom is -0.333 e. The van der Waals surface area contributed by atoms with Gasteiger partial charge in [0.25, 0.3) is 0 Å². The first kappa shape index (κ1) is 14.8. The molecule has 0 aliphatic carbocycles. The second-order valence-electron chi connectivity index (χ2n) is 5.33. The van der Waals surface area contributed by atoms with Crippen LogP contribution in [0.5, 0.6) is 0 Å². The smallest absolute Gasteiger partial charge is 0.130 e. The third-order valence-electron chi connectivity index (χ3n) is 3.61. The molecule has 0 fully saturated rings. The molecule has 0 saturated heterocycles. The van der Waals surface area contributed by atoms with Crippen molar-refractivity contribution >= 4 is 0 Å². The van der Waals surface area contributed by atoms with Crippen LogP contribution >= 0.6 is 0 Å². The van der Waals surface area contributed by atoms with E-state index in [-0.39, 0.29) is 6.04 Å². The van der Waals surface area contributed by atoms with Crippen molar-refractivity contribution < 1.29 is 0 Å². The molecule has 1 aromatic carbocycles. The Hall–Kier alpha value is -1.61. The van der Waals surface area contributed by atoms with Crippen LogP contribution in [-0.4, -0.2) is 16.1 Å². The highest BCUT2D eigenvalue weighted by atomic mass is 15.1. The highest BCUT2D eigenvalue weighted by Crippen LogP contribution is 2.24. The predicted octanol–water partition coefficient (Wildman–Crippen LogP) is 3.61. The second-order valence-corrected chi connectivity index (χ2v) is 5.33. The number of rotatable bonds is 6. The Morgan fingerprint density at radius 2 is 2.05 bits per heavy atom. The second kappa shape index (κ2) is 6.71. The molecular weight excluding hydrogens is 246 g/mol. The van der Waals surface area contributed by atoms with E-state index >= 15 is 0 Å². The van der Waals surface area contributed by atoms with Crippen molar-refractivity contribution in [3.63, 3.8) is 0 Å². The zero-order valence-electron chi connectivity index (χ0n) is 13.0. The molecule has 0 bridgehead atoms. The molecule has 3 heteroatoms. The first-order valence-electron chi connectivity index (χ1n) is 7.48. The van der Waals surface area contributed by atoms with Gasteiger partial charge in [0.15, 0.2) is 0 Å². The number of imidazole rings is 1. The summed E-state index contributed by atoms with van der Waals surface area (Å²) in [5.41, 5.74) is 3.95. The number of aromatic nitrogens is 2. The Labute approximate surface area is 122 Å². The molecular formula is C17H25N3. The number of hydrogen-bond acceptors (Lipinski definition) is 2. The van der Waals surface area contributed by atoms with Crippen LogP contribution in [0, 0.1) is 13.8 Å². The van der Waals surface area contributed by atoms with Gasteiger partial charge in [-0.3, -0.25) is 0 Å². The van der Waals surface area contributed by atoms with E-state index in [0.29, 0.717) is 0 Å². The van der Waals surface area contributed by atoms with E-state index in [2.05, 4.69) is 67.0 Å². The van der Waals surface area contributed by atoms with E-state index in [1.165, 1.54) is 16.7 Å². The summed E-state index contributed by atoms with van der Waals surface area (Å²) in [5, 5.41) is 3.58. The molecule has 0 radical (unpaired) electrons. The van der Waals surface area contributed by atoms with Crippen molar-refractivity contribution in [2.75, 3.05) is 6.54 Å². The lowest BCUT2D eigenvalue weighted by molar-refractivity contribution is 0.542. The van der Waals surface area contributed by atoms with Crippen molar-refractivity contribution in [1.82, 2.24) is 14.9 Å². The van der Waals surface area contributed by atoms with E-state index in [1.807, 2.05) is 6.20 Å². The molecule has 108 valence electrons. The molecule has 1 unspecified atom stereocenters. The largest absolute Gasteiger partial charge is 0.333 e. The van der Waals surface area contributed by atoms with Gasteiger partial charge in [0.05, 0.1) is 6.04 Å². The maximum Gasteiger partial charge on any atom is 0.130 e. The molecule has 1 heterocycles. The molecule has 3 nitrogen and oxygen atoms in total. The van der Waals surface area contributed by atoms with Gasteiger partial charge in [-0.15, -0.1) is 0 Å². The van der Waals surface area contributed by atoms with E-state index in [0.717, 1.165) is 25.3 Å². The van der Waals surface area contributed by atoms with E-state index < -0.39 is 0 Å². The summed E-state index contributed by atoms with van der Waals surface area (Å²) >= 11 is 0. The summed E-state index contributed by atoms with van der Waals surface area (Å²) in [6, 6.07) is 6.82. The summed E-state index contributed by atoms with van der Waals surface area (Å²) in [4.78, 5) is 4.59. The van der Waals surface area contributed by atoms with Crippen molar-refractivity contribution in [1.29, 1.82) is 0 Å². The van der Waals surface area contributed by atoms with Gasteiger partial charge in [-0.05, 0) is 37.9 Å². The van der Waals surface area contributed by atoms with Crippen LogP contribution < -0.4 is 5.32 Å². The van der Waals surface area contributed by atoms with Crippen molar-refractivity contribution in [2.45, 2.75) is 46.7 Å². The number of nitrogens with zero attached hydrogens (tertiary/aromatic N) is 2. The van der Waals surface area contributed by atoms with Gasteiger partial charge in [-0.1, -0.05) is 37.6 Å². The highest BCUT2D eigenvalue weighted by Gasteiger charge is 2.19. The number of benzene rings is 1. The third kappa shape index (κ3) is 3.10. The van der Waals surface area contributed by atoms with Crippen molar-refractivity contribution in [3.05, 3.63) is 53.1 Å². The number of aryl methyl sites for hydroxylation is 3. The quantitative estimate of drug-likeness (QED) is 0.870. The third-order valence-corrected chi connectivity index (χ3v) is 3.61. The fraction of sp³-hybridized carbons (Fsp3) is 0.471. The lowest BCUT2D eigenvalue weighted by Gasteiger charge is -2.21. The fourth-order valence-electron chi connectivity index (χ4n) is 2.71. The zero-order valence-corrected chi connectivity index (χ0v) is 13.0. The van der Waals surface area contributed by atoms with E-state index in [1.54, 1.807) is 0 Å². The van der Waals surface area contributed by atoms with Crippen LogP contribution in [-0.2, 0) is 6.54 Å². The van der Waals surface area contributed by atoms with Crippen LogP contribution in [0.3, 0.4) is 0 Å². The molecule has 0 saturated carbocycles. The maximum atomic E-state index is 4.59. The summed E-state index contributed by atoms with van der Waals surface area (Å²) in [7, 11) is 0. The van der Waals surface area contributed by atoms with Gasteiger partial charge in [-0.2, -0.15) is 0 Å². The molecule has 1 aromatic heterocycles. The summed E-state index contributed by atoms with van der Waals surface area (Å²) in [6.07, 6.45) is 5.10. The Morgan fingerprint density at radius 3 is 2.70 bits per heavy atom. The summed E-state index contributed by atoms with van der Waals surface area (Å²) in [6.45, 7) is 10.6. The average Bonchev–Trinajstić information content (AvgIpc) is 2.85. The topological polar surface area (TPSA) is 29.9 Å². The lowest BCUT2D eigenvalue weighted by Crippen LogP contribution is -2.26. The standard InChI is InChI=1S/C17H25N3/c1-5-10-20-11-9-19-17(20)16(18-6-2)15-8-7-13(3)12-14(15)4/h7-9,11-12,16,18H,5-6,10H2,1-4H3. The molecule has 2 rings (SSSR count). The first-order chi connectivity index (χ1) is 9.67. The molecule has 2 aromatic rings. The Morgan fingerprint density at radius 1 is 1.25 bits per heavy atom. The maximum absolute atomic E-state index is 4.59. The molecule has 20 heavy (non-hydrogen) atoms. The Balaban J connectivity index is 2.42. The molecule has 0 amide bonds. The zero-order chi connectivity index (χ0) is 14.5. The van der Waals surface area contributed by atoms with Crippen LogP contribution in [0.2, 0.25) is 0 Å². The molecule has 0 aliphatic heterocycles. The first-order valence-corrected chi connectivity index (χ1v) is 7.48. The Kier molecular flexibility index (Phi) is 4.96. The van der Waals surface area contributed by atoms with Crippen molar-refractivity contribution in [3.8, 4) is 0 Å². The molecule has 1 N–H and O–H groups in total. The fourth-order valence-corrected chi connectivity index (χ4v) is 2.71. The SMILES string of the molecule is CCCn1ccnc1C(NCC)c1ccc(C)cc1C. The van der Waals surface area contributed by atoms with Gasteiger partial charge in [0.1, 0.15) is 5.82 Å². The van der Waals surface area contributed by atoms with Gasteiger partial charge >= 0.3 is 0 Å². The monoisotopic (exact) mass is 271 g/mol. The van der Waals surface area contributed by atoms with Crippen molar-refractivity contribution in [2.24, 2.45) is 0 Å². The summed E-state index contributed by atoms with van der Waals surface area (Å²) < 4.78 is 2.26. The van der Waals surface area contributed by atoms with Gasteiger partial charge in [0.2, 0.25) is 0 Å². The van der Waals surface area contributed by atoms with E-state index in [9.17, 15) is 0 Å². The van der Waals surface area contributed by atoms with Gasteiger partial charge in [-0.25, -0.2) is 4.98 Å². The van der Waals surface area contributed by atoms with Gasteiger partial charge < -0.3 is 9.88 Å². The van der Waals surface area contributed by atoms with Gasteiger partial charge in [0, 0.05) is 18.9 Å². The lowest BCUT2D eigenvalue weighted by atomic mass is 9.98. The van der Waals surface area contributed by atoms with Crippen LogP contribution in [0.1, 0.15) is 48.8 Å².